The SMILES string of the molecule is C=CC(=O)OCCCCCC1(CCCCCOC(=O)C=C)c2cc(I)ccc2-c2ccc(-c3ccc4c(c3)C(C)(C)c3cc(-c5ccc6ccc7cc(C(C)(C)C)cc8ccc5c6c78)ccc3-4)cc21. The van der Waals surface area contributed by atoms with Gasteiger partial charge in [0.25, 0.3) is 0 Å². The normalized spacial score (nSPS) is 14.1. The van der Waals surface area contributed by atoms with Gasteiger partial charge in [0.1, 0.15) is 0 Å². The van der Waals surface area contributed by atoms with E-state index in [0.717, 1.165) is 51.4 Å². The van der Waals surface area contributed by atoms with Crippen LogP contribution in [0.15, 0.2) is 147 Å². The van der Waals surface area contributed by atoms with Crippen LogP contribution in [-0.4, -0.2) is 25.2 Å². The van der Waals surface area contributed by atoms with Gasteiger partial charge in [-0.1, -0.05) is 164 Å². The Morgan fingerprint density at radius 1 is 0.522 bits per heavy atom. The van der Waals surface area contributed by atoms with Gasteiger partial charge in [0.2, 0.25) is 0 Å². The van der Waals surface area contributed by atoms with Crippen LogP contribution in [-0.2, 0) is 35.3 Å². The van der Waals surface area contributed by atoms with Crippen LogP contribution in [0.25, 0.3) is 76.8 Å². The minimum absolute atomic E-state index is 0.0738. The highest BCUT2D eigenvalue weighted by molar-refractivity contribution is 14.1. The lowest BCUT2D eigenvalue weighted by Crippen LogP contribution is -2.26. The van der Waals surface area contributed by atoms with Crippen molar-refractivity contribution in [3.8, 4) is 44.5 Å². The van der Waals surface area contributed by atoms with Crippen LogP contribution in [0.1, 0.15) is 114 Å². The van der Waals surface area contributed by atoms with Gasteiger partial charge >= 0.3 is 11.9 Å². The number of hydrogen-bond acceptors (Lipinski definition) is 4. The van der Waals surface area contributed by atoms with Gasteiger partial charge in [-0.2, -0.15) is 0 Å². The Hall–Kier alpha value is -6.05. The Balaban J connectivity index is 0.986. The quantitative estimate of drug-likeness (QED) is 0.0318. The zero-order valence-corrected chi connectivity index (χ0v) is 42.9. The second-order valence-corrected chi connectivity index (χ2v) is 22.2. The van der Waals surface area contributed by atoms with E-state index in [4.69, 9.17) is 9.47 Å². The fraction of sp³-hybridized carbons (Fsp3) is 0.281. The minimum Gasteiger partial charge on any atom is -0.463 e. The summed E-state index contributed by atoms with van der Waals surface area (Å²) in [5.41, 5.74) is 16.8. The number of esters is 2. The van der Waals surface area contributed by atoms with E-state index in [0.29, 0.717) is 13.2 Å². The van der Waals surface area contributed by atoms with Crippen molar-refractivity contribution >= 4 is 66.8 Å². The molecule has 0 radical (unpaired) electrons. The molecule has 0 aromatic heterocycles. The molecule has 0 atom stereocenters. The summed E-state index contributed by atoms with van der Waals surface area (Å²) in [7, 11) is 0. The van der Waals surface area contributed by atoms with Crippen molar-refractivity contribution in [2.45, 2.75) is 102 Å². The average Bonchev–Trinajstić information content (AvgIpc) is 3.74. The second kappa shape index (κ2) is 18.4. The van der Waals surface area contributed by atoms with Crippen molar-refractivity contribution in [3.63, 3.8) is 0 Å². The number of carbonyl (C=O) groups excluding carboxylic acids is 2. The van der Waals surface area contributed by atoms with Crippen LogP contribution in [0.5, 0.6) is 0 Å². The second-order valence-electron chi connectivity index (χ2n) is 21.0. The van der Waals surface area contributed by atoms with E-state index < -0.39 is 0 Å². The number of halogens is 1. The molecule has 4 nitrogen and oxygen atoms in total. The monoisotopic (exact) mass is 1020 g/mol. The summed E-state index contributed by atoms with van der Waals surface area (Å²) in [5.74, 6) is -0.742. The highest BCUT2D eigenvalue weighted by atomic mass is 127. The summed E-state index contributed by atoms with van der Waals surface area (Å²) in [6.45, 7) is 19.6. The molecule has 0 saturated carbocycles. The van der Waals surface area contributed by atoms with Crippen molar-refractivity contribution in [2.75, 3.05) is 13.2 Å². The number of rotatable bonds is 16. The third kappa shape index (κ3) is 8.39. The molecule has 0 aliphatic heterocycles. The number of fused-ring (bicyclic) bond motifs is 6. The van der Waals surface area contributed by atoms with E-state index in [2.05, 4.69) is 192 Å². The molecule has 0 N–H and O–H groups in total. The van der Waals surface area contributed by atoms with Gasteiger partial charge in [-0.05, 0) is 189 Å². The molecule has 69 heavy (non-hydrogen) atoms. The maximum atomic E-state index is 11.8. The number of ether oxygens (including phenoxy) is 2. The van der Waals surface area contributed by atoms with Crippen molar-refractivity contribution in [1.82, 2.24) is 0 Å². The van der Waals surface area contributed by atoms with Gasteiger partial charge in [-0.15, -0.1) is 0 Å². The van der Waals surface area contributed by atoms with Crippen LogP contribution >= 0.6 is 22.6 Å². The molecule has 0 spiro atoms. The van der Waals surface area contributed by atoms with Crippen molar-refractivity contribution in [3.05, 3.63) is 178 Å². The fourth-order valence-electron chi connectivity index (χ4n) is 11.8. The molecule has 10 rings (SSSR count). The summed E-state index contributed by atoms with van der Waals surface area (Å²) in [6.07, 6.45) is 9.94. The first kappa shape index (κ1) is 46.7. The molecule has 0 fully saturated rings. The Morgan fingerprint density at radius 2 is 0.986 bits per heavy atom. The summed E-state index contributed by atoms with van der Waals surface area (Å²) in [6, 6.07) is 47.1. The Bertz CT molecular complexity index is 3290. The number of unbranched alkanes of at least 4 members (excludes halogenated alkanes) is 4. The van der Waals surface area contributed by atoms with Gasteiger partial charge in [0.15, 0.2) is 0 Å². The van der Waals surface area contributed by atoms with E-state index in [-0.39, 0.29) is 28.2 Å². The zero-order valence-electron chi connectivity index (χ0n) is 40.7. The standard InChI is InChI=1S/C64H61IO4/c1-8-58(66)68-32-14-10-12-30-64(31-13-11-15-33-69-59(67)9-2)56-37-42(20-26-51(56)52-29-23-47(65)39-57(52)64)41-19-25-49-50-27-21-43(38-55(50)63(6,7)54(49)36-41)48-24-18-40-16-17-44-34-46(62(3,4)5)35-45-22-28-53(48)61(40)60(44)45/h8-9,16-29,34-39H,1-2,10-15,30-33H2,3-7H3. The largest absolute Gasteiger partial charge is 0.463 e. The van der Waals surface area contributed by atoms with Crippen LogP contribution < -0.4 is 0 Å². The molecule has 0 bridgehead atoms. The molecule has 2 aliphatic rings. The Morgan fingerprint density at radius 3 is 1.57 bits per heavy atom. The molecule has 8 aromatic carbocycles. The minimum atomic E-state index is -0.371. The van der Waals surface area contributed by atoms with Gasteiger partial charge in [0, 0.05) is 26.6 Å². The number of carbonyl (C=O) groups is 2. The van der Waals surface area contributed by atoms with Gasteiger partial charge < -0.3 is 9.47 Å². The van der Waals surface area contributed by atoms with Gasteiger partial charge in [0.05, 0.1) is 13.2 Å². The third-order valence-electron chi connectivity index (χ3n) is 15.4. The molecule has 0 unspecified atom stereocenters. The van der Waals surface area contributed by atoms with E-state index >= 15 is 0 Å². The van der Waals surface area contributed by atoms with E-state index in [1.807, 2.05) is 0 Å². The highest BCUT2D eigenvalue weighted by Gasteiger charge is 2.43. The summed E-state index contributed by atoms with van der Waals surface area (Å²) in [4.78, 5) is 23.5. The van der Waals surface area contributed by atoms with E-state index in [1.165, 1.54) is 120 Å². The Kier molecular flexibility index (Phi) is 12.4. The summed E-state index contributed by atoms with van der Waals surface area (Å²) in [5, 5.41) is 7.91. The zero-order chi connectivity index (χ0) is 48.2. The third-order valence-corrected chi connectivity index (χ3v) is 16.1. The van der Waals surface area contributed by atoms with Crippen molar-refractivity contribution in [2.24, 2.45) is 0 Å². The molecule has 8 aromatic rings. The average molecular weight is 1020 g/mol. The predicted molar refractivity (Wildman–Crippen MR) is 295 cm³/mol. The predicted octanol–water partition coefficient (Wildman–Crippen LogP) is 17.0. The molecule has 0 saturated heterocycles. The lowest BCUT2D eigenvalue weighted by Gasteiger charge is -2.33. The maximum Gasteiger partial charge on any atom is 0.330 e. The topological polar surface area (TPSA) is 52.6 Å². The van der Waals surface area contributed by atoms with Crippen molar-refractivity contribution in [1.29, 1.82) is 0 Å². The van der Waals surface area contributed by atoms with Gasteiger partial charge in [-0.25, -0.2) is 9.59 Å². The van der Waals surface area contributed by atoms with Crippen LogP contribution in [0, 0.1) is 3.57 Å². The fourth-order valence-corrected chi connectivity index (χ4v) is 12.3. The van der Waals surface area contributed by atoms with Crippen LogP contribution in [0.4, 0.5) is 0 Å². The number of hydrogen-bond donors (Lipinski definition) is 0. The van der Waals surface area contributed by atoms with Crippen molar-refractivity contribution < 1.29 is 19.1 Å². The maximum absolute atomic E-state index is 11.8. The van der Waals surface area contributed by atoms with E-state index in [1.54, 1.807) is 0 Å². The van der Waals surface area contributed by atoms with Gasteiger partial charge in [-0.3, -0.25) is 0 Å². The molecule has 0 heterocycles. The summed E-state index contributed by atoms with van der Waals surface area (Å²) >= 11 is 2.46. The molecular formula is C64H61IO4. The Labute approximate surface area is 421 Å². The lowest BCUT2D eigenvalue weighted by atomic mass is 9.70. The molecule has 2 aliphatic carbocycles. The molecule has 0 amide bonds. The smallest absolute Gasteiger partial charge is 0.330 e. The van der Waals surface area contributed by atoms with E-state index in [9.17, 15) is 9.59 Å². The summed E-state index contributed by atoms with van der Waals surface area (Å²) < 4.78 is 11.9. The first-order valence-electron chi connectivity index (χ1n) is 24.8. The molecular weight excluding hydrogens is 960 g/mol. The van der Waals surface area contributed by atoms with Crippen LogP contribution in [0.2, 0.25) is 0 Å². The highest BCUT2D eigenvalue weighted by Crippen LogP contribution is 2.56. The first-order chi connectivity index (χ1) is 33.2. The first-order valence-corrected chi connectivity index (χ1v) is 25.9. The molecule has 5 heteroatoms. The van der Waals surface area contributed by atoms with Crippen LogP contribution in [0.3, 0.4) is 0 Å². The lowest BCUT2D eigenvalue weighted by molar-refractivity contribution is -0.138. The molecule has 348 valence electrons. The number of benzene rings is 8.